The van der Waals surface area contributed by atoms with Gasteiger partial charge in [-0.15, -0.1) is 0 Å². The van der Waals surface area contributed by atoms with Crippen LogP contribution in [-0.4, -0.2) is 94.8 Å². The van der Waals surface area contributed by atoms with E-state index in [1.807, 2.05) is 26.0 Å². The molecular formula is C36H43N3O10. The number of aliphatic hydroxyl groups is 3. The molecule has 262 valence electrons. The lowest BCUT2D eigenvalue weighted by atomic mass is 9.57. The van der Waals surface area contributed by atoms with Gasteiger partial charge in [0.25, 0.3) is 5.91 Å². The molecule has 0 saturated heterocycles. The summed E-state index contributed by atoms with van der Waals surface area (Å²) in [5, 5.41) is 48.9. The van der Waals surface area contributed by atoms with Crippen LogP contribution in [0.5, 0.6) is 11.5 Å². The van der Waals surface area contributed by atoms with Crippen molar-refractivity contribution in [2.75, 3.05) is 28.3 Å². The monoisotopic (exact) mass is 677 g/mol. The number of esters is 1. The molecule has 0 radical (unpaired) electrons. The molecule has 49 heavy (non-hydrogen) atoms. The largest absolute Gasteiger partial charge is 0.508 e. The van der Waals surface area contributed by atoms with Gasteiger partial charge in [-0.3, -0.25) is 24.1 Å². The number of hydrogen-bond acceptors (Lipinski definition) is 12. The maximum Gasteiger partial charge on any atom is 0.322 e. The van der Waals surface area contributed by atoms with Crippen molar-refractivity contribution in [2.45, 2.75) is 57.3 Å². The van der Waals surface area contributed by atoms with E-state index in [9.17, 15) is 39.6 Å². The Morgan fingerprint density at radius 1 is 1.08 bits per heavy atom. The normalized spacial score (nSPS) is 24.1. The molecule has 2 aromatic carbocycles. The summed E-state index contributed by atoms with van der Waals surface area (Å²) in [5.74, 6) is -6.80. The average Bonchev–Trinajstić information content (AvgIpc) is 3.03. The number of rotatable bonds is 10. The number of hydrogen-bond donors (Lipinski definition) is 6. The van der Waals surface area contributed by atoms with Crippen molar-refractivity contribution < 1.29 is 49.1 Å². The second-order valence-corrected chi connectivity index (χ2v) is 13.6. The minimum absolute atomic E-state index is 0.0259. The van der Waals surface area contributed by atoms with Gasteiger partial charge in [0.1, 0.15) is 34.6 Å². The number of nitrogens with two attached hydrogens (primary N) is 1. The van der Waals surface area contributed by atoms with Gasteiger partial charge in [0.2, 0.25) is 5.78 Å². The van der Waals surface area contributed by atoms with Crippen LogP contribution in [0.1, 0.15) is 43.4 Å². The first-order valence-electron chi connectivity index (χ1n) is 16.1. The standard InChI is InChI=1S/C36H43N3O10/c1-16(2)11-23(35(46)49-6)38-15-17-7-10-25(48-5)20(12-17)19-8-9-24(40)27-21(19)13-18-14-22-29(39(3)4)31(42)28(34(37)45)33(44)36(22,47)32(43)26(18)30(27)41/h7-10,12,16,18,22-23,29,38,40-41,44,47H,11,13-15H2,1-6H3,(H2,37,45)/t18-,22-,23?,29+,36-/m1/s1. The van der Waals surface area contributed by atoms with Gasteiger partial charge >= 0.3 is 5.97 Å². The number of aliphatic hydroxyl groups excluding tert-OH is 2. The summed E-state index contributed by atoms with van der Waals surface area (Å²) in [5.41, 5.74) is 4.10. The molecule has 0 spiro atoms. The van der Waals surface area contributed by atoms with E-state index in [0.29, 0.717) is 35.4 Å². The number of nitrogens with zero attached hydrogens (tertiary/aromatic N) is 1. The quantitative estimate of drug-likeness (QED) is 0.158. The van der Waals surface area contributed by atoms with Crippen molar-refractivity contribution in [1.82, 2.24) is 10.2 Å². The summed E-state index contributed by atoms with van der Waals surface area (Å²) in [6, 6.07) is 6.85. The summed E-state index contributed by atoms with van der Waals surface area (Å²) in [6.45, 7) is 4.34. The Hall–Kier alpha value is -4.72. The number of nitrogens with one attached hydrogen (secondary N) is 1. The summed E-state index contributed by atoms with van der Waals surface area (Å²) in [6.07, 6.45) is 0.651. The second-order valence-electron chi connectivity index (χ2n) is 13.6. The van der Waals surface area contributed by atoms with Gasteiger partial charge in [-0.05, 0) is 80.1 Å². The van der Waals surface area contributed by atoms with Crippen LogP contribution >= 0.6 is 0 Å². The van der Waals surface area contributed by atoms with Crippen LogP contribution in [0.3, 0.4) is 0 Å². The number of ketones is 2. The molecule has 5 atom stereocenters. The van der Waals surface area contributed by atoms with Crippen molar-refractivity contribution in [3.8, 4) is 22.6 Å². The van der Waals surface area contributed by atoms with E-state index >= 15 is 0 Å². The molecule has 2 aromatic rings. The lowest BCUT2D eigenvalue weighted by Gasteiger charge is -2.50. The maximum absolute atomic E-state index is 14.2. The lowest BCUT2D eigenvalue weighted by Crippen LogP contribution is -2.65. The zero-order valence-electron chi connectivity index (χ0n) is 28.4. The summed E-state index contributed by atoms with van der Waals surface area (Å²) < 4.78 is 10.7. The summed E-state index contributed by atoms with van der Waals surface area (Å²) in [4.78, 5) is 53.7. The number of phenols is 1. The van der Waals surface area contributed by atoms with Crippen LogP contribution in [0.4, 0.5) is 0 Å². The number of carbonyl (C=O) groups excluding carboxylic acids is 4. The van der Waals surface area contributed by atoms with Crippen molar-refractivity contribution in [2.24, 2.45) is 23.5 Å². The molecule has 1 amide bonds. The Morgan fingerprint density at radius 2 is 1.78 bits per heavy atom. The van der Waals surface area contributed by atoms with Gasteiger partial charge in [0, 0.05) is 23.6 Å². The maximum atomic E-state index is 14.2. The Balaban J connectivity index is 1.62. The number of primary amides is 1. The minimum Gasteiger partial charge on any atom is -0.508 e. The molecule has 0 heterocycles. The summed E-state index contributed by atoms with van der Waals surface area (Å²) in [7, 11) is 5.95. The first-order valence-corrected chi connectivity index (χ1v) is 16.1. The molecule has 0 bridgehead atoms. The van der Waals surface area contributed by atoms with E-state index in [4.69, 9.17) is 15.2 Å². The molecule has 3 aliphatic carbocycles. The number of phenolic OH excluding ortho intramolecular Hbond substituents is 1. The van der Waals surface area contributed by atoms with Gasteiger partial charge in [-0.2, -0.15) is 0 Å². The predicted molar refractivity (Wildman–Crippen MR) is 178 cm³/mol. The highest BCUT2D eigenvalue weighted by atomic mass is 16.5. The molecule has 3 aliphatic rings. The van der Waals surface area contributed by atoms with Crippen LogP contribution in [-0.2, 0) is 36.9 Å². The van der Waals surface area contributed by atoms with E-state index in [1.165, 1.54) is 25.2 Å². The van der Waals surface area contributed by atoms with Crippen LogP contribution < -0.4 is 15.8 Å². The van der Waals surface area contributed by atoms with Gasteiger partial charge in [-0.1, -0.05) is 26.0 Å². The van der Waals surface area contributed by atoms with Gasteiger partial charge in [0.05, 0.1) is 25.8 Å². The Morgan fingerprint density at radius 3 is 2.37 bits per heavy atom. The number of benzene rings is 2. The van der Waals surface area contributed by atoms with Crippen LogP contribution in [0.25, 0.3) is 16.9 Å². The fraction of sp³-hybridized carbons (Fsp3) is 0.444. The topological polar surface area (TPSA) is 209 Å². The second kappa shape index (κ2) is 13.3. The van der Waals surface area contributed by atoms with E-state index in [0.717, 1.165) is 5.56 Å². The number of methoxy groups -OCH3 is 2. The van der Waals surface area contributed by atoms with E-state index in [2.05, 4.69) is 5.32 Å². The molecule has 1 unspecified atom stereocenters. The third-order valence-electron chi connectivity index (χ3n) is 9.90. The number of Topliss-reactive ketones (excluding diaryl/α,β-unsaturated/α-hetero) is 2. The minimum atomic E-state index is -2.72. The van der Waals surface area contributed by atoms with Crippen LogP contribution in [0.15, 0.2) is 47.2 Å². The van der Waals surface area contributed by atoms with E-state index < -0.39 is 64.1 Å². The third-order valence-corrected chi connectivity index (χ3v) is 9.90. The first-order chi connectivity index (χ1) is 23.1. The number of likely N-dealkylation sites (N-methyl/N-ethyl adjacent to an activating group) is 1. The molecule has 5 rings (SSSR count). The number of amides is 1. The molecular weight excluding hydrogens is 634 g/mol. The highest BCUT2D eigenvalue weighted by Crippen LogP contribution is 2.54. The summed E-state index contributed by atoms with van der Waals surface area (Å²) >= 11 is 0. The Bertz CT molecular complexity index is 1790. The number of fused-ring (bicyclic) bond motifs is 3. The van der Waals surface area contributed by atoms with E-state index in [-0.39, 0.29) is 41.6 Å². The van der Waals surface area contributed by atoms with Crippen LogP contribution in [0, 0.1) is 17.8 Å². The number of carbonyl (C=O) groups is 4. The fourth-order valence-electron chi connectivity index (χ4n) is 7.69. The molecule has 0 aromatic heterocycles. The Kier molecular flexibility index (Phi) is 9.66. The molecule has 13 nitrogen and oxygen atoms in total. The number of aromatic hydroxyl groups is 1. The first kappa shape index (κ1) is 35.6. The molecule has 0 aliphatic heterocycles. The molecule has 1 saturated carbocycles. The smallest absolute Gasteiger partial charge is 0.322 e. The molecule has 1 fully saturated rings. The van der Waals surface area contributed by atoms with Crippen molar-refractivity contribution in [1.29, 1.82) is 0 Å². The zero-order valence-corrected chi connectivity index (χ0v) is 28.4. The average molecular weight is 678 g/mol. The van der Waals surface area contributed by atoms with Gasteiger partial charge < -0.3 is 41.0 Å². The highest BCUT2D eigenvalue weighted by Gasteiger charge is 2.64. The zero-order chi connectivity index (χ0) is 36.1. The fourth-order valence-corrected chi connectivity index (χ4v) is 7.69. The van der Waals surface area contributed by atoms with Gasteiger partial charge in [0.15, 0.2) is 11.4 Å². The highest BCUT2D eigenvalue weighted by molar-refractivity contribution is 6.24. The SMILES string of the molecule is COC(=O)C(CC(C)C)NCc1ccc(OC)c(-c2ccc(O)c3c2C[C@@H]2C[C@@H]4[C@H](N(C)C)C(=O)C(C(N)=O)=C(O)[C@]4(O)C(=O)C2=C3O)c1. The van der Waals surface area contributed by atoms with Crippen molar-refractivity contribution >= 4 is 29.2 Å². The van der Waals surface area contributed by atoms with Crippen molar-refractivity contribution in [3.63, 3.8) is 0 Å². The Labute approximate surface area is 284 Å². The van der Waals surface area contributed by atoms with E-state index in [1.54, 1.807) is 26.2 Å². The van der Waals surface area contributed by atoms with Gasteiger partial charge in [-0.25, -0.2) is 0 Å². The number of ether oxygens (including phenoxy) is 2. The predicted octanol–water partition coefficient (Wildman–Crippen LogP) is 2.32. The lowest BCUT2D eigenvalue weighted by molar-refractivity contribution is -0.153. The third kappa shape index (κ3) is 5.85. The molecule has 13 heteroatoms. The van der Waals surface area contributed by atoms with Crippen molar-refractivity contribution in [3.05, 3.63) is 63.9 Å². The molecule has 7 N–H and O–H groups in total. The van der Waals surface area contributed by atoms with Crippen LogP contribution in [0.2, 0.25) is 0 Å².